The summed E-state index contributed by atoms with van der Waals surface area (Å²) in [7, 11) is 0. The first-order chi connectivity index (χ1) is 13.2. The average Bonchev–Trinajstić information content (AvgIpc) is 3.08. The molecule has 0 aliphatic rings. The molecule has 2 heterocycles. The van der Waals surface area contributed by atoms with E-state index in [1.54, 1.807) is 18.5 Å². The molecular weight excluding hydrogens is 334 g/mol. The van der Waals surface area contributed by atoms with E-state index in [0.717, 1.165) is 39.3 Å². The van der Waals surface area contributed by atoms with E-state index < -0.39 is 0 Å². The molecule has 3 rings (SSSR count). The number of benzene rings is 1. The summed E-state index contributed by atoms with van der Waals surface area (Å²) in [6.45, 7) is 8.48. The lowest BCUT2D eigenvalue weighted by Crippen LogP contribution is -2.02. The molecule has 0 fully saturated rings. The van der Waals surface area contributed by atoms with E-state index in [2.05, 4.69) is 51.1 Å². The summed E-state index contributed by atoms with van der Waals surface area (Å²) in [5.74, 6) is 0. The van der Waals surface area contributed by atoms with Gasteiger partial charge in [-0.05, 0) is 61.9 Å². The third kappa shape index (κ3) is 4.58. The lowest BCUT2D eigenvalue weighted by Gasteiger charge is -2.09. The van der Waals surface area contributed by atoms with Crippen molar-refractivity contribution in [1.29, 1.82) is 0 Å². The quantitative estimate of drug-likeness (QED) is 0.581. The smallest absolute Gasteiger partial charge is 0.0928 e. The molecule has 3 aromatic rings. The van der Waals surface area contributed by atoms with E-state index in [9.17, 15) is 0 Å². The molecule has 0 unspecified atom stereocenters. The molecule has 0 saturated carbocycles. The molecule has 2 aromatic heterocycles. The minimum absolute atomic E-state index is 0.673. The highest BCUT2D eigenvalue weighted by Crippen LogP contribution is 2.25. The fourth-order valence-corrected chi connectivity index (χ4v) is 2.69. The van der Waals surface area contributed by atoms with Crippen LogP contribution in [-0.2, 0) is 6.54 Å². The molecule has 0 aliphatic heterocycles. The van der Waals surface area contributed by atoms with Crippen molar-refractivity contribution in [2.75, 3.05) is 5.32 Å². The van der Waals surface area contributed by atoms with Crippen LogP contribution in [0.5, 0.6) is 0 Å². The predicted octanol–water partition coefficient (Wildman–Crippen LogP) is 5.05. The third-order valence-corrected chi connectivity index (χ3v) is 4.12. The zero-order valence-electron chi connectivity index (χ0n) is 15.6. The lowest BCUT2D eigenvalue weighted by molar-refractivity contribution is 1.04. The van der Waals surface area contributed by atoms with Gasteiger partial charge in [-0.1, -0.05) is 18.7 Å². The molecule has 5 nitrogen and oxygen atoms in total. The number of rotatable bonds is 7. The molecule has 27 heavy (non-hydrogen) atoms. The van der Waals surface area contributed by atoms with Gasteiger partial charge in [-0.3, -0.25) is 15.1 Å². The fraction of sp³-hybridized carbons (Fsp3) is 0.136. The van der Waals surface area contributed by atoms with Gasteiger partial charge in [0, 0.05) is 23.5 Å². The van der Waals surface area contributed by atoms with Crippen LogP contribution in [0.25, 0.3) is 17.0 Å². The average molecular weight is 357 g/mol. The van der Waals surface area contributed by atoms with Crippen molar-refractivity contribution in [3.05, 3.63) is 84.5 Å². The number of aromatic nitrogens is 3. The predicted molar refractivity (Wildman–Crippen MR) is 114 cm³/mol. The van der Waals surface area contributed by atoms with E-state index in [4.69, 9.17) is 0 Å². The number of H-pyrrole nitrogens is 1. The zero-order valence-corrected chi connectivity index (χ0v) is 15.6. The van der Waals surface area contributed by atoms with Gasteiger partial charge in [0.05, 0.1) is 29.2 Å². The number of pyridine rings is 1. The number of nitrogens with one attached hydrogen (secondary N) is 2. The Labute approximate surface area is 159 Å². The summed E-state index contributed by atoms with van der Waals surface area (Å²) in [4.78, 5) is 8.66. The SMILES string of the molecule is C=CC(/C=C/c1n[nH]c2cc(C)c(NCc3ccccn3)cc12)=N\C=C/C. The molecule has 0 radical (unpaired) electrons. The van der Waals surface area contributed by atoms with Crippen LogP contribution in [0.2, 0.25) is 0 Å². The number of aliphatic imine (C=N–C) groups is 1. The summed E-state index contributed by atoms with van der Waals surface area (Å²) in [6, 6.07) is 10.1. The first kappa shape index (κ1) is 18.3. The van der Waals surface area contributed by atoms with Crippen LogP contribution in [0.4, 0.5) is 5.69 Å². The minimum Gasteiger partial charge on any atom is -0.379 e. The van der Waals surface area contributed by atoms with Crippen molar-refractivity contribution in [2.45, 2.75) is 20.4 Å². The van der Waals surface area contributed by atoms with Crippen LogP contribution >= 0.6 is 0 Å². The normalized spacial score (nSPS) is 12.3. The first-order valence-electron chi connectivity index (χ1n) is 8.83. The number of nitrogens with zero attached hydrogens (tertiary/aromatic N) is 3. The van der Waals surface area contributed by atoms with Gasteiger partial charge in [0.15, 0.2) is 0 Å². The van der Waals surface area contributed by atoms with E-state index >= 15 is 0 Å². The van der Waals surface area contributed by atoms with Gasteiger partial charge >= 0.3 is 0 Å². The Morgan fingerprint density at radius 1 is 1.33 bits per heavy atom. The summed E-state index contributed by atoms with van der Waals surface area (Å²) >= 11 is 0. The topological polar surface area (TPSA) is 66.0 Å². The first-order valence-corrected chi connectivity index (χ1v) is 8.83. The Bertz CT molecular complexity index is 1010. The highest BCUT2D eigenvalue weighted by molar-refractivity contribution is 6.07. The number of anilines is 1. The molecule has 0 atom stereocenters. The Hall–Kier alpha value is -3.47. The molecular formula is C22H23N5. The van der Waals surface area contributed by atoms with Crippen LogP contribution in [0.3, 0.4) is 0 Å². The second-order valence-electron chi connectivity index (χ2n) is 6.07. The Kier molecular flexibility index (Phi) is 5.94. The summed E-state index contributed by atoms with van der Waals surface area (Å²) in [5, 5.41) is 12.0. The number of fused-ring (bicyclic) bond motifs is 1. The molecule has 0 spiro atoms. The minimum atomic E-state index is 0.673. The van der Waals surface area contributed by atoms with Crippen molar-refractivity contribution in [2.24, 2.45) is 4.99 Å². The maximum atomic E-state index is 4.42. The van der Waals surface area contributed by atoms with Gasteiger partial charge in [-0.25, -0.2) is 0 Å². The van der Waals surface area contributed by atoms with Gasteiger partial charge in [0.25, 0.3) is 0 Å². The summed E-state index contributed by atoms with van der Waals surface area (Å²) < 4.78 is 0. The van der Waals surface area contributed by atoms with Crippen molar-refractivity contribution in [3.8, 4) is 0 Å². The molecule has 0 aliphatic carbocycles. The molecule has 2 N–H and O–H groups in total. The van der Waals surface area contributed by atoms with Crippen molar-refractivity contribution in [3.63, 3.8) is 0 Å². The number of hydrogen-bond acceptors (Lipinski definition) is 4. The highest BCUT2D eigenvalue weighted by Gasteiger charge is 2.07. The number of hydrogen-bond donors (Lipinski definition) is 2. The zero-order chi connectivity index (χ0) is 19.1. The van der Waals surface area contributed by atoms with Crippen molar-refractivity contribution >= 4 is 28.4 Å². The number of allylic oxidation sites excluding steroid dienone is 3. The van der Waals surface area contributed by atoms with E-state index in [1.807, 2.05) is 43.4 Å². The third-order valence-electron chi connectivity index (χ3n) is 4.12. The van der Waals surface area contributed by atoms with Crippen LogP contribution in [0.1, 0.15) is 23.9 Å². The van der Waals surface area contributed by atoms with E-state index in [0.29, 0.717) is 6.54 Å². The molecule has 0 amide bonds. The van der Waals surface area contributed by atoms with Crippen molar-refractivity contribution in [1.82, 2.24) is 15.2 Å². The number of aromatic amines is 1. The van der Waals surface area contributed by atoms with Crippen LogP contribution in [-0.4, -0.2) is 20.9 Å². The second kappa shape index (κ2) is 8.76. The van der Waals surface area contributed by atoms with Gasteiger partial charge in [0.1, 0.15) is 0 Å². The van der Waals surface area contributed by atoms with Crippen LogP contribution < -0.4 is 5.32 Å². The van der Waals surface area contributed by atoms with E-state index in [-0.39, 0.29) is 0 Å². The van der Waals surface area contributed by atoms with Crippen molar-refractivity contribution < 1.29 is 0 Å². The van der Waals surface area contributed by atoms with E-state index in [1.165, 1.54) is 0 Å². The second-order valence-corrected chi connectivity index (χ2v) is 6.07. The summed E-state index contributed by atoms with van der Waals surface area (Å²) in [5.41, 5.74) is 5.86. The maximum absolute atomic E-state index is 4.42. The summed E-state index contributed by atoms with van der Waals surface area (Å²) in [6.07, 6.45) is 11.0. The number of aryl methyl sites for hydroxylation is 1. The maximum Gasteiger partial charge on any atom is 0.0928 e. The van der Waals surface area contributed by atoms with Gasteiger partial charge in [-0.2, -0.15) is 5.10 Å². The molecule has 0 bridgehead atoms. The molecule has 1 aromatic carbocycles. The fourth-order valence-electron chi connectivity index (χ4n) is 2.69. The molecule has 136 valence electrons. The largest absolute Gasteiger partial charge is 0.379 e. The van der Waals surface area contributed by atoms with Crippen LogP contribution in [0, 0.1) is 6.92 Å². The monoisotopic (exact) mass is 357 g/mol. The molecule has 0 saturated heterocycles. The van der Waals surface area contributed by atoms with Gasteiger partial charge in [0.2, 0.25) is 0 Å². The van der Waals surface area contributed by atoms with Gasteiger partial charge in [-0.15, -0.1) is 0 Å². The van der Waals surface area contributed by atoms with Gasteiger partial charge < -0.3 is 5.32 Å². The Morgan fingerprint density at radius 3 is 2.96 bits per heavy atom. The van der Waals surface area contributed by atoms with Crippen LogP contribution in [0.15, 0.2) is 72.5 Å². The lowest BCUT2D eigenvalue weighted by atomic mass is 10.1. The Balaban J connectivity index is 1.86. The standard InChI is InChI=1S/C22H23N5/c1-4-11-23-17(5-2)9-10-20-19-14-21(16(3)13-22(19)27-26-20)25-15-18-8-6-7-12-24-18/h4-14,25H,2,15H2,1,3H3,(H,26,27)/b10-9+,11-4-,23-17+. The highest BCUT2D eigenvalue weighted by atomic mass is 15.1. The molecule has 5 heteroatoms. The Morgan fingerprint density at radius 2 is 2.22 bits per heavy atom.